The fourth-order valence-corrected chi connectivity index (χ4v) is 9.78. The van der Waals surface area contributed by atoms with E-state index < -0.39 is 23.9 Å². The summed E-state index contributed by atoms with van der Waals surface area (Å²) in [6, 6.07) is 7.42. The fourth-order valence-electron chi connectivity index (χ4n) is 9.78. The zero-order valence-corrected chi connectivity index (χ0v) is 33.5. The first-order chi connectivity index (χ1) is 29.6. The maximum absolute atomic E-state index is 14.3. The number of piperazine rings is 1. The number of ether oxygens (including phenoxy) is 1. The predicted octanol–water partition coefficient (Wildman–Crippen LogP) is 4.35. The first-order valence-corrected chi connectivity index (χ1v) is 21.1. The van der Waals surface area contributed by atoms with Gasteiger partial charge in [-0.05, 0) is 62.6 Å². The third-order valence-corrected chi connectivity index (χ3v) is 13.1. The van der Waals surface area contributed by atoms with Crippen LogP contribution in [0.2, 0.25) is 0 Å². The number of rotatable bonds is 11. The van der Waals surface area contributed by atoms with E-state index >= 15 is 0 Å². The fraction of sp³-hybridized carbons (Fsp3) is 0.500. The van der Waals surface area contributed by atoms with Gasteiger partial charge in [-0.1, -0.05) is 0 Å². The third kappa shape index (κ3) is 7.96. The lowest BCUT2D eigenvalue weighted by Crippen LogP contribution is -2.49. The average molecular weight is 840 g/mol. The number of aromatic nitrogens is 5. The van der Waals surface area contributed by atoms with Gasteiger partial charge in [0.15, 0.2) is 11.3 Å². The summed E-state index contributed by atoms with van der Waals surface area (Å²) in [4.78, 5) is 62.0. The number of piperidine rings is 1. The van der Waals surface area contributed by atoms with Crippen LogP contribution in [0, 0.1) is 5.92 Å². The van der Waals surface area contributed by atoms with Crippen LogP contribution in [0.4, 0.5) is 26.0 Å². The molecule has 19 heteroatoms. The molecule has 320 valence electrons. The molecule has 4 amide bonds. The number of alkyl halides is 2. The zero-order chi connectivity index (χ0) is 41.8. The zero-order valence-electron chi connectivity index (χ0n) is 33.5. The molecule has 10 rings (SSSR count). The summed E-state index contributed by atoms with van der Waals surface area (Å²) in [6.07, 6.45) is 8.62. The first-order valence-electron chi connectivity index (χ1n) is 21.1. The van der Waals surface area contributed by atoms with Crippen molar-refractivity contribution in [2.24, 2.45) is 5.92 Å². The molecule has 5 fully saturated rings. The van der Waals surface area contributed by atoms with Crippen molar-refractivity contribution in [1.29, 1.82) is 0 Å². The van der Waals surface area contributed by atoms with E-state index in [4.69, 9.17) is 14.1 Å². The van der Waals surface area contributed by atoms with Crippen LogP contribution >= 0.6 is 0 Å². The minimum absolute atomic E-state index is 0.0163. The first kappa shape index (κ1) is 39.4. The second-order valence-corrected chi connectivity index (χ2v) is 17.0. The highest BCUT2D eigenvalue weighted by atomic mass is 19.3. The summed E-state index contributed by atoms with van der Waals surface area (Å²) in [6.45, 7) is 5.76. The highest BCUT2D eigenvalue weighted by Crippen LogP contribution is 2.37. The van der Waals surface area contributed by atoms with Crippen molar-refractivity contribution in [3.05, 3.63) is 65.9 Å². The van der Waals surface area contributed by atoms with E-state index in [9.17, 15) is 28.0 Å². The van der Waals surface area contributed by atoms with E-state index in [1.54, 1.807) is 29.3 Å². The summed E-state index contributed by atoms with van der Waals surface area (Å²) in [5.41, 5.74) is 1.96. The number of hydrogen-bond acceptors (Lipinski definition) is 12. The van der Waals surface area contributed by atoms with Crippen molar-refractivity contribution >= 4 is 57.4 Å². The Morgan fingerprint density at radius 3 is 2.56 bits per heavy atom. The van der Waals surface area contributed by atoms with E-state index in [0.717, 1.165) is 88.1 Å². The number of carbonyl (C=O) groups excluding carboxylic acids is 4. The number of hydrogen-bond donors (Lipinski definition) is 3. The largest absolute Gasteiger partial charge is 0.464 e. The van der Waals surface area contributed by atoms with Crippen molar-refractivity contribution in [2.75, 3.05) is 68.0 Å². The number of morpholine rings is 1. The second-order valence-electron chi connectivity index (χ2n) is 17.0. The third-order valence-electron chi connectivity index (χ3n) is 13.1. The Hall–Kier alpha value is -5.79. The second kappa shape index (κ2) is 16.2. The predicted molar refractivity (Wildman–Crippen MR) is 217 cm³/mol. The van der Waals surface area contributed by atoms with Crippen LogP contribution in [0.5, 0.6) is 0 Å². The topological polar surface area (TPSA) is 184 Å². The molecule has 17 nitrogen and oxygen atoms in total. The van der Waals surface area contributed by atoms with Gasteiger partial charge in [0.05, 0.1) is 55.4 Å². The van der Waals surface area contributed by atoms with Gasteiger partial charge in [-0.15, -0.1) is 0 Å². The Bertz CT molecular complexity index is 2490. The monoisotopic (exact) mass is 839 g/mol. The van der Waals surface area contributed by atoms with Crippen LogP contribution < -0.4 is 20.9 Å². The smallest absolute Gasteiger partial charge is 0.284 e. The summed E-state index contributed by atoms with van der Waals surface area (Å²) in [5.74, 6) is -0.562. The Morgan fingerprint density at radius 1 is 0.984 bits per heavy atom. The molecule has 0 radical (unpaired) electrons. The van der Waals surface area contributed by atoms with Crippen LogP contribution in [0.1, 0.15) is 84.9 Å². The number of carbonyl (C=O) groups is 4. The summed E-state index contributed by atoms with van der Waals surface area (Å²) >= 11 is 0. The lowest BCUT2D eigenvalue weighted by Gasteiger charge is -2.38. The van der Waals surface area contributed by atoms with Crippen molar-refractivity contribution in [1.82, 2.24) is 39.5 Å². The molecule has 5 aliphatic rings. The van der Waals surface area contributed by atoms with Crippen molar-refractivity contribution in [3.63, 3.8) is 0 Å². The SMILES string of the molecule is O=C1CCC(c2coc3cc(NC(=O)CN4CCN(CC5CCC(n6cc(NC(=O)c7cnn8ccc(N9C[C@H]%10C[C@@H]9CO%10)nc78)c(C(F)F)n6)CC5)CC4)ccc23)C(=O)N1. The molecule has 4 saturated heterocycles. The van der Waals surface area contributed by atoms with Crippen molar-refractivity contribution in [2.45, 2.75) is 75.5 Å². The van der Waals surface area contributed by atoms with Crippen LogP contribution in [0.25, 0.3) is 16.6 Å². The molecule has 8 heterocycles. The molecule has 4 aromatic heterocycles. The molecule has 3 N–H and O–H groups in total. The van der Waals surface area contributed by atoms with Crippen LogP contribution in [-0.4, -0.2) is 122 Å². The molecule has 61 heavy (non-hydrogen) atoms. The molecule has 3 atom stereocenters. The number of imide groups is 1. The van der Waals surface area contributed by atoms with Gasteiger partial charge in [0.2, 0.25) is 17.7 Å². The highest BCUT2D eigenvalue weighted by molar-refractivity contribution is 6.08. The molecule has 1 aliphatic carbocycles. The lowest BCUT2D eigenvalue weighted by molar-refractivity contribution is -0.134. The average Bonchev–Trinajstić information content (AvgIpc) is 4.11. The van der Waals surface area contributed by atoms with Gasteiger partial charge in [0, 0.05) is 80.8 Å². The van der Waals surface area contributed by atoms with E-state index in [2.05, 4.69) is 40.8 Å². The lowest BCUT2D eigenvalue weighted by atomic mass is 9.85. The van der Waals surface area contributed by atoms with E-state index in [1.807, 2.05) is 12.1 Å². The highest BCUT2D eigenvalue weighted by Gasteiger charge is 2.40. The van der Waals surface area contributed by atoms with E-state index in [0.29, 0.717) is 35.9 Å². The molecular weight excluding hydrogens is 793 g/mol. The van der Waals surface area contributed by atoms with E-state index in [1.165, 1.54) is 16.9 Å². The number of benzene rings is 1. The van der Waals surface area contributed by atoms with E-state index in [-0.39, 0.29) is 60.1 Å². The van der Waals surface area contributed by atoms with Gasteiger partial charge in [0.25, 0.3) is 12.3 Å². The molecule has 4 aliphatic heterocycles. The molecule has 5 aromatic rings. The normalized spacial score (nSPS) is 24.9. The molecule has 1 saturated carbocycles. The molecule has 1 aromatic carbocycles. The van der Waals surface area contributed by atoms with Gasteiger partial charge >= 0.3 is 0 Å². The Kier molecular flexibility index (Phi) is 10.5. The van der Waals surface area contributed by atoms with Gasteiger partial charge in [-0.2, -0.15) is 10.2 Å². The van der Waals surface area contributed by atoms with Crippen molar-refractivity contribution < 1.29 is 37.1 Å². The molecule has 2 bridgehead atoms. The maximum atomic E-state index is 14.3. The van der Waals surface area contributed by atoms with Gasteiger partial charge in [0.1, 0.15) is 17.0 Å². The number of halogens is 2. The molecule has 0 spiro atoms. The quantitative estimate of drug-likeness (QED) is 0.160. The van der Waals surface area contributed by atoms with Gasteiger partial charge < -0.3 is 29.6 Å². The summed E-state index contributed by atoms with van der Waals surface area (Å²) in [5, 5.41) is 17.4. The molecular formula is C42H47F2N11O6. The number of nitrogens with zero attached hydrogens (tertiary/aromatic N) is 8. The van der Waals surface area contributed by atoms with Crippen molar-refractivity contribution in [3.8, 4) is 0 Å². The maximum Gasteiger partial charge on any atom is 0.284 e. The number of amides is 4. The molecule has 1 unspecified atom stereocenters. The Balaban J connectivity index is 0.689. The Labute approximate surface area is 348 Å². The summed E-state index contributed by atoms with van der Waals surface area (Å²) in [7, 11) is 0. The van der Waals surface area contributed by atoms with Crippen LogP contribution in [0.15, 0.2) is 53.5 Å². The van der Waals surface area contributed by atoms with Crippen LogP contribution in [-0.2, 0) is 19.1 Å². The standard InChI is InChI=1S/C42H47F2N11O6/c43-39(44)38-33(47-42(59)31-17-45-54-10-9-35(48-40(31)54)53-19-28-16-27(53)22-60-28)20-55(50-38)26-4-1-24(2-5-26)18-51-11-13-52(14-12-51)21-37(57)46-25-3-6-29-32(23-61-34(29)15-25)30-7-8-36(56)49-41(30)58/h3,6,9-10,15,17,20,23-24,26-28,30,39H,1-2,4-5,7-8,11-14,16,18-19,21-22H2,(H,46,57)(H,47,59)(H,49,56,58)/t24?,26?,27-,28-,30?/m1/s1. The number of anilines is 3. The van der Waals surface area contributed by atoms with Gasteiger partial charge in [-0.25, -0.2) is 18.3 Å². The number of furan rings is 1. The number of nitrogens with one attached hydrogen (secondary N) is 3. The minimum Gasteiger partial charge on any atom is -0.464 e. The summed E-state index contributed by atoms with van der Waals surface area (Å²) < 4.78 is 43.1. The Morgan fingerprint density at radius 2 is 1.80 bits per heavy atom. The van der Waals surface area contributed by atoms with Crippen LogP contribution in [0.3, 0.4) is 0 Å². The minimum atomic E-state index is -2.87. The van der Waals surface area contributed by atoms with Gasteiger partial charge in [-0.3, -0.25) is 34.1 Å². The number of fused-ring (bicyclic) bond motifs is 4.